The van der Waals surface area contributed by atoms with Gasteiger partial charge in [-0.05, 0) is 25.5 Å². The highest BCUT2D eigenvalue weighted by atomic mass is 19.1. The highest BCUT2D eigenvalue weighted by Gasteiger charge is 2.29. The van der Waals surface area contributed by atoms with Gasteiger partial charge in [0.15, 0.2) is 0 Å². The van der Waals surface area contributed by atoms with Gasteiger partial charge in [0.1, 0.15) is 5.82 Å². The number of aliphatic hydroxyl groups excluding tert-OH is 2. The number of nitrogen functional groups attached to an aromatic ring is 1. The lowest BCUT2D eigenvalue weighted by Gasteiger charge is -2.29. The number of hydrogen-bond acceptors (Lipinski definition) is 4. The van der Waals surface area contributed by atoms with Crippen LogP contribution >= 0.6 is 0 Å². The summed E-state index contributed by atoms with van der Waals surface area (Å²) in [6.07, 6.45) is 0.343. The van der Waals surface area contributed by atoms with Crippen molar-refractivity contribution < 1.29 is 19.4 Å². The lowest BCUT2D eigenvalue weighted by molar-refractivity contribution is 0.0652. The second-order valence-corrected chi connectivity index (χ2v) is 4.58. The first-order valence-corrected chi connectivity index (χ1v) is 5.99. The molecule has 0 unspecified atom stereocenters. The number of carbonyl (C=O) groups is 1. The molecule has 5 N–H and O–H groups in total. The number of rotatable bonds is 5. The summed E-state index contributed by atoms with van der Waals surface area (Å²) < 4.78 is 13.5. The van der Waals surface area contributed by atoms with E-state index in [-0.39, 0.29) is 16.8 Å². The Morgan fingerprint density at radius 3 is 2.42 bits per heavy atom. The molecule has 0 radical (unpaired) electrons. The van der Waals surface area contributed by atoms with E-state index in [1.54, 1.807) is 6.92 Å². The van der Waals surface area contributed by atoms with Crippen molar-refractivity contribution in [3.05, 3.63) is 29.1 Å². The van der Waals surface area contributed by atoms with Crippen LogP contribution in [0.4, 0.5) is 10.1 Å². The van der Waals surface area contributed by atoms with Crippen LogP contribution in [0.25, 0.3) is 0 Å². The van der Waals surface area contributed by atoms with Gasteiger partial charge in [0.05, 0.1) is 18.8 Å². The zero-order valence-corrected chi connectivity index (χ0v) is 11.0. The Hall–Kier alpha value is -1.66. The van der Waals surface area contributed by atoms with Gasteiger partial charge in [-0.3, -0.25) is 4.79 Å². The van der Waals surface area contributed by atoms with Gasteiger partial charge < -0.3 is 21.3 Å². The summed E-state index contributed by atoms with van der Waals surface area (Å²) in [6, 6.07) is 2.44. The normalized spacial score (nSPS) is 11.4. The maximum absolute atomic E-state index is 13.5. The van der Waals surface area contributed by atoms with Crippen molar-refractivity contribution in [1.29, 1.82) is 0 Å². The molecule has 0 aliphatic heterocycles. The molecule has 1 aromatic carbocycles. The minimum Gasteiger partial charge on any atom is -0.398 e. The summed E-state index contributed by atoms with van der Waals surface area (Å²) >= 11 is 0. The van der Waals surface area contributed by atoms with Gasteiger partial charge in [-0.2, -0.15) is 0 Å². The van der Waals surface area contributed by atoms with E-state index in [0.717, 1.165) is 6.07 Å². The van der Waals surface area contributed by atoms with Gasteiger partial charge in [0, 0.05) is 16.8 Å². The van der Waals surface area contributed by atoms with E-state index in [9.17, 15) is 19.4 Å². The van der Waals surface area contributed by atoms with Crippen molar-refractivity contribution in [2.45, 2.75) is 25.8 Å². The highest BCUT2D eigenvalue weighted by Crippen LogP contribution is 2.18. The smallest absolute Gasteiger partial charge is 0.252 e. The minimum atomic E-state index is -1.12. The fourth-order valence-corrected chi connectivity index (χ4v) is 1.59. The molecule has 6 heteroatoms. The monoisotopic (exact) mass is 270 g/mol. The second kappa shape index (κ2) is 5.99. The molecular formula is C13H19FN2O3. The van der Waals surface area contributed by atoms with Crippen molar-refractivity contribution in [1.82, 2.24) is 5.32 Å². The molecule has 0 fully saturated rings. The summed E-state index contributed by atoms with van der Waals surface area (Å²) in [5.41, 5.74) is 5.00. The Bertz CT molecular complexity index is 442. The summed E-state index contributed by atoms with van der Waals surface area (Å²) in [6.45, 7) is 2.42. The van der Waals surface area contributed by atoms with E-state index < -0.39 is 30.5 Å². The minimum absolute atomic E-state index is 0.0559. The standard InChI is InChI=1S/C13H19FN2O3/c1-3-13(6-17,7-18)16-12(19)9-4-10(14)8(2)11(15)5-9/h4-5,17-18H,3,6-7,15H2,1-2H3,(H,16,19). The van der Waals surface area contributed by atoms with Crippen molar-refractivity contribution in [3.63, 3.8) is 0 Å². The maximum atomic E-state index is 13.5. The van der Waals surface area contributed by atoms with Crippen LogP contribution in [0, 0.1) is 12.7 Å². The number of benzene rings is 1. The molecule has 1 amide bonds. The summed E-state index contributed by atoms with van der Waals surface area (Å²) in [5, 5.41) is 21.0. The average Bonchev–Trinajstić information content (AvgIpc) is 2.41. The molecule has 1 rings (SSSR count). The van der Waals surface area contributed by atoms with Crippen molar-refractivity contribution in [2.24, 2.45) is 0 Å². The number of nitrogens with two attached hydrogens (primary N) is 1. The Morgan fingerprint density at radius 1 is 1.42 bits per heavy atom. The largest absolute Gasteiger partial charge is 0.398 e. The molecule has 5 nitrogen and oxygen atoms in total. The fourth-order valence-electron chi connectivity index (χ4n) is 1.59. The zero-order chi connectivity index (χ0) is 14.6. The fraction of sp³-hybridized carbons (Fsp3) is 0.462. The van der Waals surface area contributed by atoms with E-state index >= 15 is 0 Å². The third-order valence-corrected chi connectivity index (χ3v) is 3.31. The number of halogens is 1. The predicted molar refractivity (Wildman–Crippen MR) is 70.2 cm³/mol. The first-order chi connectivity index (χ1) is 8.89. The van der Waals surface area contributed by atoms with Crippen LogP contribution in [0.2, 0.25) is 0 Å². The zero-order valence-electron chi connectivity index (χ0n) is 11.0. The first-order valence-electron chi connectivity index (χ1n) is 5.99. The van der Waals surface area contributed by atoms with E-state index in [2.05, 4.69) is 5.32 Å². The predicted octanol–water partition coefficient (Wildman–Crippen LogP) is 0.580. The summed E-state index contributed by atoms with van der Waals surface area (Å²) in [4.78, 5) is 12.0. The van der Waals surface area contributed by atoms with E-state index in [0.29, 0.717) is 6.42 Å². The average molecular weight is 270 g/mol. The van der Waals surface area contributed by atoms with Crippen LogP contribution in [0.15, 0.2) is 12.1 Å². The van der Waals surface area contributed by atoms with Crippen LogP contribution in [0.3, 0.4) is 0 Å². The Labute approximate surface area is 111 Å². The second-order valence-electron chi connectivity index (χ2n) is 4.58. The quantitative estimate of drug-likeness (QED) is 0.588. The Balaban J connectivity index is 3.01. The number of aliphatic hydroxyl groups is 2. The van der Waals surface area contributed by atoms with Crippen LogP contribution in [-0.4, -0.2) is 34.9 Å². The molecule has 0 atom stereocenters. The van der Waals surface area contributed by atoms with E-state index in [1.807, 2.05) is 0 Å². The molecule has 0 saturated carbocycles. The number of hydrogen-bond donors (Lipinski definition) is 4. The van der Waals surface area contributed by atoms with Gasteiger partial charge in [0.2, 0.25) is 0 Å². The summed E-state index contributed by atoms with van der Waals surface area (Å²) in [5.74, 6) is -1.16. The van der Waals surface area contributed by atoms with Crippen LogP contribution in [0.5, 0.6) is 0 Å². The van der Waals surface area contributed by atoms with Crippen molar-refractivity contribution >= 4 is 11.6 Å². The Kier molecular flexibility index (Phi) is 4.85. The SMILES string of the molecule is CCC(CO)(CO)NC(=O)c1cc(N)c(C)c(F)c1. The maximum Gasteiger partial charge on any atom is 0.252 e. The van der Waals surface area contributed by atoms with Gasteiger partial charge in [-0.25, -0.2) is 4.39 Å². The van der Waals surface area contributed by atoms with Crippen molar-refractivity contribution in [3.8, 4) is 0 Å². The van der Waals surface area contributed by atoms with Gasteiger partial charge in [0.25, 0.3) is 5.91 Å². The molecule has 0 aliphatic rings. The molecule has 1 aromatic rings. The lowest BCUT2D eigenvalue weighted by Crippen LogP contribution is -2.53. The number of amides is 1. The van der Waals surface area contributed by atoms with Gasteiger partial charge in [-0.1, -0.05) is 6.92 Å². The molecule has 106 valence electrons. The van der Waals surface area contributed by atoms with Crippen molar-refractivity contribution in [2.75, 3.05) is 18.9 Å². The molecule has 0 bridgehead atoms. The Morgan fingerprint density at radius 2 is 2.00 bits per heavy atom. The summed E-state index contributed by atoms with van der Waals surface area (Å²) in [7, 11) is 0. The van der Waals surface area contributed by atoms with Crippen LogP contribution < -0.4 is 11.1 Å². The molecule has 0 saturated heterocycles. The number of anilines is 1. The number of nitrogens with one attached hydrogen (secondary N) is 1. The van der Waals surface area contributed by atoms with Crippen LogP contribution in [-0.2, 0) is 0 Å². The topological polar surface area (TPSA) is 95.6 Å². The first kappa shape index (κ1) is 15.4. The molecule has 0 heterocycles. The molecule has 19 heavy (non-hydrogen) atoms. The van der Waals surface area contributed by atoms with Gasteiger partial charge >= 0.3 is 0 Å². The number of carbonyl (C=O) groups excluding carboxylic acids is 1. The third-order valence-electron chi connectivity index (χ3n) is 3.31. The molecule has 0 aliphatic carbocycles. The highest BCUT2D eigenvalue weighted by molar-refractivity contribution is 5.95. The lowest BCUT2D eigenvalue weighted by atomic mass is 9.97. The molecule has 0 aromatic heterocycles. The molecular weight excluding hydrogens is 251 g/mol. The third kappa shape index (κ3) is 3.21. The molecule has 0 spiro atoms. The van der Waals surface area contributed by atoms with Gasteiger partial charge in [-0.15, -0.1) is 0 Å². The van der Waals surface area contributed by atoms with E-state index in [4.69, 9.17) is 5.73 Å². The van der Waals surface area contributed by atoms with Crippen LogP contribution in [0.1, 0.15) is 29.3 Å². The van der Waals surface area contributed by atoms with E-state index in [1.165, 1.54) is 13.0 Å².